The first-order chi connectivity index (χ1) is 13.2. The van der Waals surface area contributed by atoms with Gasteiger partial charge in [-0.05, 0) is 60.7 Å². The molecular weight excluding hydrogens is 461 g/mol. The predicted molar refractivity (Wildman–Crippen MR) is 144 cm³/mol. The third-order valence-corrected chi connectivity index (χ3v) is 14.9. The third-order valence-electron chi connectivity index (χ3n) is 4.32. The van der Waals surface area contributed by atoms with Gasteiger partial charge in [-0.25, -0.2) is 0 Å². The molecule has 0 aliphatic heterocycles. The van der Waals surface area contributed by atoms with Gasteiger partial charge in [0.25, 0.3) is 0 Å². The van der Waals surface area contributed by atoms with Gasteiger partial charge in [0.15, 0.2) is 0 Å². The molecule has 0 bridgehead atoms. The molecule has 0 aromatic carbocycles. The van der Waals surface area contributed by atoms with Crippen LogP contribution in [0.25, 0.3) is 0 Å². The van der Waals surface area contributed by atoms with E-state index in [-0.39, 0.29) is 0 Å². The van der Waals surface area contributed by atoms with Crippen molar-refractivity contribution < 1.29 is 9.47 Å². The largest absolute Gasteiger partial charge is 0.381 e. The van der Waals surface area contributed by atoms with Crippen LogP contribution in [0, 0.1) is 0 Å². The summed E-state index contributed by atoms with van der Waals surface area (Å²) >= 11 is 0. The van der Waals surface area contributed by atoms with Gasteiger partial charge >= 0.3 is 0 Å². The Bertz CT molecular complexity index is 326. The molecule has 0 aromatic heterocycles. The molecule has 0 radical (unpaired) electrons. The second kappa shape index (κ2) is 19.4. The summed E-state index contributed by atoms with van der Waals surface area (Å²) < 4.78 is 12.3. The molecule has 0 aromatic rings. The quantitative estimate of drug-likeness (QED) is 0.145. The average Bonchev–Trinajstić information content (AvgIpc) is 2.59. The fraction of sp³-hybridized carbons (Fsp3) is 1.00. The molecule has 0 aliphatic carbocycles. The summed E-state index contributed by atoms with van der Waals surface area (Å²) in [5.41, 5.74) is 1.03. The molecule has 10 heteroatoms. The van der Waals surface area contributed by atoms with Crippen LogP contribution in [0.5, 0.6) is 0 Å². The van der Waals surface area contributed by atoms with Gasteiger partial charge in [0.05, 0.1) is 30.8 Å². The van der Waals surface area contributed by atoms with E-state index in [2.05, 4.69) is 64.2 Å². The number of hydrogen-bond acceptors (Lipinski definition) is 8. The standard InChI is InChI=1S/C18H44N2O2S4Si2/c1-19(2)11-13-21-17(27(5)6)9-15-23-25-26-24-16-10-18(28(7)8)22-14-12-20(3)4/h17-18,27-28H,9-16H2,1-8H3. The van der Waals surface area contributed by atoms with Crippen molar-refractivity contribution in [1.29, 1.82) is 0 Å². The van der Waals surface area contributed by atoms with Crippen molar-refractivity contribution in [3.63, 3.8) is 0 Å². The van der Waals surface area contributed by atoms with Crippen LogP contribution >= 0.6 is 41.2 Å². The van der Waals surface area contributed by atoms with Crippen molar-refractivity contribution in [1.82, 2.24) is 9.80 Å². The Morgan fingerprint density at radius 3 is 1.32 bits per heavy atom. The van der Waals surface area contributed by atoms with Crippen LogP contribution in [-0.2, 0) is 9.47 Å². The Balaban J connectivity index is 3.74. The average molecular weight is 505 g/mol. The topological polar surface area (TPSA) is 24.9 Å². The van der Waals surface area contributed by atoms with Crippen molar-refractivity contribution >= 4 is 58.8 Å². The normalized spacial score (nSPS) is 14.6. The lowest BCUT2D eigenvalue weighted by Crippen LogP contribution is -2.31. The number of rotatable bonds is 19. The monoisotopic (exact) mass is 504 g/mol. The van der Waals surface area contributed by atoms with E-state index in [4.69, 9.17) is 9.47 Å². The SMILES string of the molecule is CN(C)CCOC(CCSSSSCCC(OCCN(C)C)[SiH](C)C)[SiH](C)C. The van der Waals surface area contributed by atoms with Gasteiger partial charge < -0.3 is 19.3 Å². The third kappa shape index (κ3) is 18.4. The molecule has 28 heavy (non-hydrogen) atoms. The van der Waals surface area contributed by atoms with E-state index in [1.165, 1.54) is 24.3 Å². The number of likely N-dealkylation sites (N-methyl/N-ethyl adjacent to an activating group) is 2. The van der Waals surface area contributed by atoms with Crippen LogP contribution < -0.4 is 0 Å². The van der Waals surface area contributed by atoms with Crippen molar-refractivity contribution in [2.45, 2.75) is 50.5 Å². The highest BCUT2D eigenvalue weighted by Gasteiger charge is 2.16. The molecule has 2 atom stereocenters. The zero-order valence-corrected chi connectivity index (χ0v) is 24.9. The molecule has 0 saturated heterocycles. The molecule has 0 rings (SSSR count). The highest BCUT2D eigenvalue weighted by Crippen LogP contribution is 2.43. The van der Waals surface area contributed by atoms with Crippen LogP contribution in [0.4, 0.5) is 0 Å². The number of hydrogen-bond donors (Lipinski definition) is 0. The lowest BCUT2D eigenvalue weighted by molar-refractivity contribution is 0.0877. The Hall–Kier alpha value is 1.67. The maximum Gasteiger partial charge on any atom is 0.0656 e. The molecule has 2 unspecified atom stereocenters. The van der Waals surface area contributed by atoms with Gasteiger partial charge in [-0.1, -0.05) is 47.8 Å². The van der Waals surface area contributed by atoms with E-state index in [0.717, 1.165) is 26.3 Å². The smallest absolute Gasteiger partial charge is 0.0656 e. The summed E-state index contributed by atoms with van der Waals surface area (Å²) in [4.78, 5) is 4.38. The molecule has 4 nitrogen and oxygen atoms in total. The Morgan fingerprint density at radius 1 is 0.679 bits per heavy atom. The molecule has 0 spiro atoms. The fourth-order valence-electron chi connectivity index (χ4n) is 2.43. The molecule has 0 saturated carbocycles. The lowest BCUT2D eigenvalue weighted by atomic mass is 10.5. The summed E-state index contributed by atoms with van der Waals surface area (Å²) in [7, 11) is 14.8. The summed E-state index contributed by atoms with van der Waals surface area (Å²) in [5, 5.41) is 0. The second-order valence-electron chi connectivity index (χ2n) is 8.27. The Labute approximate surface area is 193 Å². The summed E-state index contributed by atoms with van der Waals surface area (Å²) in [6, 6.07) is 0. The first-order valence-corrected chi connectivity index (χ1v) is 21.4. The van der Waals surface area contributed by atoms with E-state index < -0.39 is 17.6 Å². The van der Waals surface area contributed by atoms with Gasteiger partial charge in [0, 0.05) is 36.0 Å². The van der Waals surface area contributed by atoms with Gasteiger partial charge in [-0.3, -0.25) is 0 Å². The molecule has 170 valence electrons. The van der Waals surface area contributed by atoms with Crippen molar-refractivity contribution in [2.24, 2.45) is 0 Å². The van der Waals surface area contributed by atoms with E-state index in [9.17, 15) is 0 Å². The molecular formula is C18H44N2O2S4Si2. The minimum atomic E-state index is -0.745. The maximum absolute atomic E-state index is 6.13. The fourth-order valence-corrected chi connectivity index (χ4v) is 11.8. The predicted octanol–water partition coefficient (Wildman–Crippen LogP) is 4.39. The lowest BCUT2D eigenvalue weighted by Gasteiger charge is -2.22. The van der Waals surface area contributed by atoms with E-state index in [1.54, 1.807) is 0 Å². The highest BCUT2D eigenvalue weighted by atomic mass is 33.7. The van der Waals surface area contributed by atoms with Crippen LogP contribution in [0.3, 0.4) is 0 Å². The molecule has 0 fully saturated rings. The van der Waals surface area contributed by atoms with Gasteiger partial charge in [-0.15, -0.1) is 0 Å². The molecule has 0 heterocycles. The van der Waals surface area contributed by atoms with E-state index in [1.807, 2.05) is 41.2 Å². The number of nitrogens with zero attached hydrogens (tertiary/aromatic N) is 2. The second-order valence-corrected chi connectivity index (χ2v) is 21.0. The first kappa shape index (κ1) is 29.7. The van der Waals surface area contributed by atoms with E-state index >= 15 is 0 Å². The van der Waals surface area contributed by atoms with Crippen molar-refractivity contribution in [3.8, 4) is 0 Å². The van der Waals surface area contributed by atoms with Crippen LogP contribution in [0.1, 0.15) is 12.8 Å². The van der Waals surface area contributed by atoms with Crippen molar-refractivity contribution in [2.75, 3.05) is 66.0 Å². The zero-order valence-electron chi connectivity index (χ0n) is 19.3. The van der Waals surface area contributed by atoms with E-state index in [0.29, 0.717) is 11.5 Å². The van der Waals surface area contributed by atoms with Gasteiger partial charge in [-0.2, -0.15) is 0 Å². The van der Waals surface area contributed by atoms with Crippen LogP contribution in [0.2, 0.25) is 26.2 Å². The van der Waals surface area contributed by atoms with Crippen LogP contribution in [-0.4, -0.2) is 105 Å². The maximum atomic E-state index is 6.13. The summed E-state index contributed by atoms with van der Waals surface area (Å²) in [6.45, 7) is 13.4. The first-order valence-electron chi connectivity index (χ1n) is 10.3. The summed E-state index contributed by atoms with van der Waals surface area (Å²) in [6.07, 6.45) is 2.39. The minimum absolute atomic E-state index is 0.516. The molecule has 0 amide bonds. The van der Waals surface area contributed by atoms with Gasteiger partial charge in [0.2, 0.25) is 0 Å². The Kier molecular flexibility index (Phi) is 20.5. The zero-order chi connectivity index (χ0) is 21.4. The number of ether oxygens (including phenoxy) is 2. The Morgan fingerprint density at radius 2 is 1.04 bits per heavy atom. The van der Waals surface area contributed by atoms with Crippen molar-refractivity contribution in [3.05, 3.63) is 0 Å². The van der Waals surface area contributed by atoms with Crippen LogP contribution in [0.15, 0.2) is 0 Å². The van der Waals surface area contributed by atoms with Gasteiger partial charge in [0.1, 0.15) is 0 Å². The molecule has 0 N–H and O–H groups in total. The molecule has 0 aliphatic rings. The highest BCUT2D eigenvalue weighted by molar-refractivity contribution is 9.26. The minimum Gasteiger partial charge on any atom is -0.381 e. The summed E-state index contributed by atoms with van der Waals surface area (Å²) in [5.74, 6) is 2.37.